The van der Waals surface area contributed by atoms with Crippen LogP contribution in [0.4, 0.5) is 0 Å². The molecule has 6 heteroatoms. The molecule has 0 fully saturated rings. The van der Waals surface area contributed by atoms with E-state index in [1.54, 1.807) is 0 Å². The van der Waals surface area contributed by atoms with Crippen molar-refractivity contribution in [2.45, 2.75) is 12.3 Å². The minimum Gasteiger partial charge on any atom is -0.315 e. The fourth-order valence-corrected chi connectivity index (χ4v) is 2.16. The minimum atomic E-state index is -3.11. The molecular formula is C13H19N3O2S. The second kappa shape index (κ2) is 7.89. The van der Waals surface area contributed by atoms with Crippen molar-refractivity contribution in [3.63, 3.8) is 0 Å². The van der Waals surface area contributed by atoms with Crippen LogP contribution < -0.4 is 10.0 Å². The lowest BCUT2D eigenvalue weighted by atomic mass is 10.0. The summed E-state index contributed by atoms with van der Waals surface area (Å²) in [6.45, 7) is 1.65. The fourth-order valence-electron chi connectivity index (χ4n) is 1.64. The van der Waals surface area contributed by atoms with E-state index >= 15 is 0 Å². The first-order valence-electron chi connectivity index (χ1n) is 6.13. The molecule has 0 aliphatic heterocycles. The summed E-state index contributed by atoms with van der Waals surface area (Å²) in [5.74, 6) is -0.177. The van der Waals surface area contributed by atoms with E-state index in [1.807, 2.05) is 30.3 Å². The lowest BCUT2D eigenvalue weighted by Crippen LogP contribution is -2.28. The highest BCUT2D eigenvalue weighted by molar-refractivity contribution is 7.88. The second-order valence-corrected chi connectivity index (χ2v) is 6.15. The van der Waals surface area contributed by atoms with Gasteiger partial charge in [0.2, 0.25) is 10.0 Å². The number of benzene rings is 1. The van der Waals surface area contributed by atoms with Gasteiger partial charge in [-0.1, -0.05) is 30.3 Å². The van der Waals surface area contributed by atoms with Crippen LogP contribution in [0.2, 0.25) is 0 Å². The normalized spacial score (nSPS) is 12.8. The molecule has 104 valence electrons. The molecule has 0 amide bonds. The molecule has 0 saturated carbocycles. The number of rotatable bonds is 8. The maximum absolute atomic E-state index is 10.8. The van der Waals surface area contributed by atoms with Gasteiger partial charge in [-0.2, -0.15) is 5.26 Å². The molecule has 1 unspecified atom stereocenters. The third-order valence-corrected chi connectivity index (χ3v) is 3.33. The van der Waals surface area contributed by atoms with Gasteiger partial charge in [-0.05, 0) is 18.5 Å². The Morgan fingerprint density at radius 1 is 1.26 bits per heavy atom. The van der Waals surface area contributed by atoms with Gasteiger partial charge in [0.15, 0.2) is 0 Å². The van der Waals surface area contributed by atoms with E-state index in [2.05, 4.69) is 16.1 Å². The van der Waals surface area contributed by atoms with Crippen LogP contribution in [0.15, 0.2) is 30.3 Å². The van der Waals surface area contributed by atoms with Crippen molar-refractivity contribution in [1.82, 2.24) is 10.0 Å². The van der Waals surface area contributed by atoms with E-state index in [0.29, 0.717) is 26.1 Å². The monoisotopic (exact) mass is 281 g/mol. The number of nitriles is 1. The molecule has 1 atom stereocenters. The van der Waals surface area contributed by atoms with Crippen LogP contribution in [0.5, 0.6) is 0 Å². The zero-order valence-electron chi connectivity index (χ0n) is 11.0. The molecule has 19 heavy (non-hydrogen) atoms. The van der Waals surface area contributed by atoms with Gasteiger partial charge in [0, 0.05) is 13.1 Å². The summed E-state index contributed by atoms with van der Waals surface area (Å²) in [6.07, 6.45) is 1.83. The maximum Gasteiger partial charge on any atom is 0.208 e. The van der Waals surface area contributed by atoms with Gasteiger partial charge in [-0.15, -0.1) is 0 Å². The van der Waals surface area contributed by atoms with Crippen LogP contribution in [-0.2, 0) is 10.0 Å². The van der Waals surface area contributed by atoms with Crippen molar-refractivity contribution in [2.75, 3.05) is 25.9 Å². The zero-order valence-corrected chi connectivity index (χ0v) is 11.8. The Hall–Kier alpha value is -1.42. The van der Waals surface area contributed by atoms with Gasteiger partial charge >= 0.3 is 0 Å². The highest BCUT2D eigenvalue weighted by atomic mass is 32.2. The Labute approximate surface area is 114 Å². The number of hydrogen-bond acceptors (Lipinski definition) is 4. The van der Waals surface area contributed by atoms with E-state index in [0.717, 1.165) is 11.8 Å². The number of nitrogens with one attached hydrogen (secondary N) is 2. The Balaban J connectivity index is 2.23. The molecule has 0 heterocycles. The topological polar surface area (TPSA) is 82.0 Å². The fraction of sp³-hybridized carbons (Fsp3) is 0.462. The Morgan fingerprint density at radius 2 is 1.95 bits per heavy atom. The molecule has 1 rings (SSSR count). The minimum absolute atomic E-state index is 0.177. The molecule has 5 nitrogen and oxygen atoms in total. The highest BCUT2D eigenvalue weighted by Crippen LogP contribution is 2.12. The summed E-state index contributed by atoms with van der Waals surface area (Å²) in [7, 11) is -3.11. The van der Waals surface area contributed by atoms with Gasteiger partial charge in [0.1, 0.15) is 0 Å². The first-order valence-corrected chi connectivity index (χ1v) is 8.02. The van der Waals surface area contributed by atoms with Crippen molar-refractivity contribution in [3.05, 3.63) is 35.9 Å². The van der Waals surface area contributed by atoms with E-state index < -0.39 is 10.0 Å². The molecule has 1 aromatic rings. The first-order chi connectivity index (χ1) is 9.03. The predicted molar refractivity (Wildman–Crippen MR) is 75.1 cm³/mol. The molecule has 0 saturated heterocycles. The summed E-state index contributed by atoms with van der Waals surface area (Å²) < 4.78 is 24.1. The van der Waals surface area contributed by atoms with Crippen LogP contribution in [0.25, 0.3) is 0 Å². The van der Waals surface area contributed by atoms with E-state index in [1.165, 1.54) is 0 Å². The van der Waals surface area contributed by atoms with E-state index in [-0.39, 0.29) is 5.92 Å². The Morgan fingerprint density at radius 3 is 2.53 bits per heavy atom. The van der Waals surface area contributed by atoms with Crippen LogP contribution in [-0.4, -0.2) is 34.3 Å². The standard InChI is InChI=1S/C13H19N3O2S/c1-19(17,18)16-9-5-8-15-11-13(10-14)12-6-3-2-4-7-12/h2-4,6-7,13,15-16H,5,8-9,11H2,1H3. The number of hydrogen-bond donors (Lipinski definition) is 2. The summed E-state index contributed by atoms with van der Waals surface area (Å²) in [5.41, 5.74) is 0.992. The van der Waals surface area contributed by atoms with Crippen molar-refractivity contribution < 1.29 is 8.42 Å². The van der Waals surface area contributed by atoms with Crippen molar-refractivity contribution in [1.29, 1.82) is 5.26 Å². The molecule has 0 aliphatic carbocycles. The number of nitrogens with zero attached hydrogens (tertiary/aromatic N) is 1. The SMILES string of the molecule is CS(=O)(=O)NCCCNCC(C#N)c1ccccc1. The van der Waals surface area contributed by atoms with Crippen molar-refractivity contribution in [3.8, 4) is 6.07 Å². The van der Waals surface area contributed by atoms with Gasteiger partial charge in [0.05, 0.1) is 18.2 Å². The molecular weight excluding hydrogens is 262 g/mol. The van der Waals surface area contributed by atoms with Crippen molar-refractivity contribution in [2.24, 2.45) is 0 Å². The smallest absolute Gasteiger partial charge is 0.208 e. The third kappa shape index (κ3) is 6.91. The summed E-state index contributed by atoms with van der Waals surface area (Å²) in [6, 6.07) is 11.9. The largest absolute Gasteiger partial charge is 0.315 e. The quantitative estimate of drug-likeness (QED) is 0.691. The van der Waals surface area contributed by atoms with Gasteiger partial charge in [-0.3, -0.25) is 0 Å². The molecule has 0 bridgehead atoms. The van der Waals surface area contributed by atoms with Crippen LogP contribution in [0, 0.1) is 11.3 Å². The van der Waals surface area contributed by atoms with Crippen LogP contribution in [0.3, 0.4) is 0 Å². The molecule has 0 radical (unpaired) electrons. The maximum atomic E-state index is 10.8. The lowest BCUT2D eigenvalue weighted by Gasteiger charge is -2.10. The predicted octanol–water partition coefficient (Wildman–Crippen LogP) is 0.823. The summed E-state index contributed by atoms with van der Waals surface area (Å²) in [4.78, 5) is 0. The Kier molecular flexibility index (Phi) is 6.50. The molecule has 2 N–H and O–H groups in total. The molecule has 0 aliphatic rings. The average Bonchev–Trinajstić information content (AvgIpc) is 2.38. The molecule has 0 spiro atoms. The van der Waals surface area contributed by atoms with Crippen molar-refractivity contribution >= 4 is 10.0 Å². The second-order valence-electron chi connectivity index (χ2n) is 4.32. The first kappa shape index (κ1) is 15.6. The zero-order chi connectivity index (χ0) is 14.1. The average molecular weight is 281 g/mol. The summed E-state index contributed by atoms with van der Waals surface area (Å²) >= 11 is 0. The van der Waals surface area contributed by atoms with Crippen LogP contribution >= 0.6 is 0 Å². The van der Waals surface area contributed by atoms with Crippen LogP contribution in [0.1, 0.15) is 17.9 Å². The van der Waals surface area contributed by atoms with Gasteiger partial charge in [0.25, 0.3) is 0 Å². The molecule has 1 aromatic carbocycles. The van der Waals surface area contributed by atoms with Gasteiger partial charge < -0.3 is 5.32 Å². The van der Waals surface area contributed by atoms with E-state index in [4.69, 9.17) is 5.26 Å². The highest BCUT2D eigenvalue weighted by Gasteiger charge is 2.08. The summed E-state index contributed by atoms with van der Waals surface area (Å²) in [5, 5.41) is 12.3. The molecule has 0 aromatic heterocycles. The lowest BCUT2D eigenvalue weighted by molar-refractivity contribution is 0.577. The Bertz CT molecular complexity index is 508. The number of sulfonamides is 1. The van der Waals surface area contributed by atoms with Gasteiger partial charge in [-0.25, -0.2) is 13.1 Å². The third-order valence-electron chi connectivity index (χ3n) is 2.60. The van der Waals surface area contributed by atoms with E-state index in [9.17, 15) is 8.42 Å².